The minimum absolute atomic E-state index is 0.0101. The highest BCUT2D eigenvalue weighted by Gasteiger charge is 2.36. The molecule has 6 heteroatoms. The molecule has 0 unspecified atom stereocenters. The maximum Gasteiger partial charge on any atom is 0.168 e. The fraction of sp³-hybridized carbons (Fsp3) is 0.440. The monoisotopic (exact) mass is 420 g/mol. The van der Waals surface area contributed by atoms with E-state index in [4.69, 9.17) is 4.52 Å². The lowest BCUT2D eigenvalue weighted by Crippen LogP contribution is -2.26. The maximum atomic E-state index is 12.6. The predicted octanol–water partition coefficient (Wildman–Crippen LogP) is 5.41. The number of benzene rings is 1. The van der Waals surface area contributed by atoms with Crippen LogP contribution in [-0.2, 0) is 17.6 Å². The van der Waals surface area contributed by atoms with E-state index in [1.807, 2.05) is 45.0 Å². The molecule has 1 N–H and O–H groups in total. The number of rotatable bonds is 4. The first-order valence-corrected chi connectivity index (χ1v) is 10.8. The summed E-state index contributed by atoms with van der Waals surface area (Å²) in [5, 5.41) is 14.9. The molecule has 4 rings (SSSR count). The van der Waals surface area contributed by atoms with Gasteiger partial charge >= 0.3 is 0 Å². The Labute approximate surface area is 182 Å². The number of aromatic nitrogens is 1. The summed E-state index contributed by atoms with van der Waals surface area (Å²) in [7, 11) is 0. The van der Waals surface area contributed by atoms with Crippen LogP contribution < -0.4 is 0 Å². The molecule has 0 radical (unpaired) electrons. The molecule has 0 spiro atoms. The number of allylic oxidation sites excluding steroid dienone is 2. The third kappa shape index (κ3) is 4.53. The molecule has 31 heavy (non-hydrogen) atoms. The van der Waals surface area contributed by atoms with Crippen molar-refractivity contribution in [3.8, 4) is 0 Å². The van der Waals surface area contributed by atoms with E-state index < -0.39 is 0 Å². The van der Waals surface area contributed by atoms with Crippen molar-refractivity contribution in [3.63, 3.8) is 0 Å². The predicted molar refractivity (Wildman–Crippen MR) is 118 cm³/mol. The van der Waals surface area contributed by atoms with Gasteiger partial charge in [0.25, 0.3) is 0 Å². The number of aliphatic hydroxyl groups excluding tert-OH is 1. The molecule has 1 aromatic carbocycles. The first kappa shape index (κ1) is 21.2. The van der Waals surface area contributed by atoms with E-state index in [-0.39, 0.29) is 29.2 Å². The van der Waals surface area contributed by atoms with Crippen molar-refractivity contribution in [3.05, 3.63) is 58.2 Å². The second kappa shape index (κ2) is 8.25. The van der Waals surface area contributed by atoms with Crippen LogP contribution >= 0.6 is 0 Å². The van der Waals surface area contributed by atoms with Gasteiger partial charge in [0.15, 0.2) is 11.6 Å². The van der Waals surface area contributed by atoms with Crippen molar-refractivity contribution in [1.82, 2.24) is 5.16 Å². The minimum atomic E-state index is -0.138. The Hall–Kier alpha value is -3.02. The zero-order valence-corrected chi connectivity index (χ0v) is 18.3. The molecule has 1 heterocycles. The van der Waals surface area contributed by atoms with Crippen molar-refractivity contribution in [2.75, 3.05) is 0 Å². The van der Waals surface area contributed by atoms with Crippen LogP contribution in [0.4, 0.5) is 5.69 Å². The number of hydrogen-bond acceptors (Lipinski definition) is 6. The lowest BCUT2D eigenvalue weighted by Gasteiger charge is -2.26. The Balaban J connectivity index is 1.58. The third-order valence-corrected chi connectivity index (χ3v) is 5.96. The highest BCUT2D eigenvalue weighted by Crippen LogP contribution is 2.36. The van der Waals surface area contributed by atoms with Gasteiger partial charge in [-0.1, -0.05) is 36.7 Å². The van der Waals surface area contributed by atoms with Crippen molar-refractivity contribution in [2.24, 2.45) is 10.4 Å². The number of aliphatic imine (C=N–C) groups is 1. The molecule has 0 saturated heterocycles. The van der Waals surface area contributed by atoms with Gasteiger partial charge in [-0.3, -0.25) is 14.6 Å². The summed E-state index contributed by atoms with van der Waals surface area (Å²) in [4.78, 5) is 29.9. The van der Waals surface area contributed by atoms with Crippen molar-refractivity contribution >= 4 is 23.0 Å². The zero-order valence-electron chi connectivity index (χ0n) is 18.3. The van der Waals surface area contributed by atoms with Crippen LogP contribution in [0.3, 0.4) is 0 Å². The van der Waals surface area contributed by atoms with Crippen molar-refractivity contribution in [1.29, 1.82) is 0 Å². The highest BCUT2D eigenvalue weighted by molar-refractivity contribution is 6.24. The molecule has 2 aliphatic carbocycles. The smallest absolute Gasteiger partial charge is 0.168 e. The summed E-state index contributed by atoms with van der Waals surface area (Å²) in [5.41, 5.74) is 3.81. The Morgan fingerprint density at radius 1 is 1.13 bits per heavy atom. The summed E-state index contributed by atoms with van der Waals surface area (Å²) >= 11 is 0. The summed E-state index contributed by atoms with van der Waals surface area (Å²) in [5.74, 6) is 0.578. The fourth-order valence-corrected chi connectivity index (χ4v) is 4.39. The topological polar surface area (TPSA) is 92.8 Å². The highest BCUT2D eigenvalue weighted by atomic mass is 16.5. The number of aliphatic hydroxyl groups is 1. The molecule has 0 aliphatic heterocycles. The lowest BCUT2D eigenvalue weighted by molar-refractivity contribution is -0.115. The van der Waals surface area contributed by atoms with Crippen LogP contribution in [0, 0.1) is 12.3 Å². The number of carbonyl (C=O) groups excluding carboxylic acids is 2. The molecule has 2 aliphatic rings. The molecular weight excluding hydrogens is 392 g/mol. The summed E-state index contributed by atoms with van der Waals surface area (Å²) in [6.07, 6.45) is 3.44. The number of hydrogen-bond donors (Lipinski definition) is 1. The molecule has 2 aromatic rings. The van der Waals surface area contributed by atoms with Crippen LogP contribution in [0.5, 0.6) is 0 Å². The van der Waals surface area contributed by atoms with E-state index in [0.717, 1.165) is 17.7 Å². The summed E-state index contributed by atoms with van der Waals surface area (Å²) in [6.45, 7) is 6.08. The van der Waals surface area contributed by atoms with Gasteiger partial charge in [0.1, 0.15) is 11.5 Å². The van der Waals surface area contributed by atoms with Gasteiger partial charge in [-0.15, -0.1) is 0 Å². The lowest BCUT2D eigenvalue weighted by atomic mass is 9.76. The largest absolute Gasteiger partial charge is 0.511 e. The molecule has 0 bridgehead atoms. The fourth-order valence-electron chi connectivity index (χ4n) is 4.39. The normalized spacial score (nSPS) is 21.3. The third-order valence-electron chi connectivity index (χ3n) is 5.96. The van der Waals surface area contributed by atoms with Crippen molar-refractivity contribution in [2.45, 2.75) is 65.7 Å². The van der Waals surface area contributed by atoms with Gasteiger partial charge in [-0.05, 0) is 37.3 Å². The van der Waals surface area contributed by atoms with E-state index >= 15 is 0 Å². The van der Waals surface area contributed by atoms with Gasteiger partial charge in [0.05, 0.1) is 28.2 Å². The average molecular weight is 421 g/mol. The van der Waals surface area contributed by atoms with Gasteiger partial charge in [-0.2, -0.15) is 0 Å². The van der Waals surface area contributed by atoms with E-state index in [1.165, 1.54) is 0 Å². The molecule has 1 aromatic heterocycles. The second-order valence-corrected chi connectivity index (χ2v) is 9.36. The number of Topliss-reactive ketones (excluding diaryl/α,β-unsaturated/α-hetero) is 2. The first-order valence-electron chi connectivity index (χ1n) is 10.8. The summed E-state index contributed by atoms with van der Waals surface area (Å²) < 4.78 is 5.44. The van der Waals surface area contributed by atoms with E-state index in [1.54, 1.807) is 0 Å². The molecule has 6 nitrogen and oxygen atoms in total. The van der Waals surface area contributed by atoms with Gasteiger partial charge in [-0.25, -0.2) is 0 Å². The maximum absolute atomic E-state index is 12.6. The van der Waals surface area contributed by atoms with Gasteiger partial charge < -0.3 is 9.63 Å². The average Bonchev–Trinajstić information content (AvgIpc) is 3.10. The molecule has 162 valence electrons. The van der Waals surface area contributed by atoms with E-state index in [2.05, 4.69) is 10.1 Å². The first-order chi connectivity index (χ1) is 14.7. The summed E-state index contributed by atoms with van der Waals surface area (Å²) in [6, 6.07) is 7.76. The number of aryl methyl sites for hydroxylation is 2. The number of fused-ring (bicyclic) bond motifs is 1. The van der Waals surface area contributed by atoms with Gasteiger partial charge in [0.2, 0.25) is 0 Å². The molecule has 0 amide bonds. The van der Waals surface area contributed by atoms with Crippen molar-refractivity contribution < 1.29 is 19.2 Å². The molecular formula is C25H28N2O4. The zero-order chi connectivity index (χ0) is 22.2. The standard InChI is InChI=1S/C25H28N2O4/c1-15-7-9-16(10-8-15)26-17-5-4-6-19(28)23(17)20(29)12-11-18-24-21(30)13-25(2,3)14-22(24)31-27-18/h7-10,29H,4-6,11-14H2,1-3H3/b23-20-,26-17?. The van der Waals surface area contributed by atoms with Crippen LogP contribution in [0.2, 0.25) is 0 Å². The van der Waals surface area contributed by atoms with Crippen LogP contribution in [0.25, 0.3) is 0 Å². The van der Waals surface area contributed by atoms with Crippen LogP contribution in [-0.4, -0.2) is 27.5 Å². The van der Waals surface area contributed by atoms with Crippen LogP contribution in [0.15, 0.2) is 45.1 Å². The van der Waals surface area contributed by atoms with E-state index in [9.17, 15) is 14.7 Å². The SMILES string of the molecule is Cc1ccc(N=C2CCCC(=O)/C2=C(\O)CCc2noc3c2C(=O)CC(C)(C)C3)cc1. The Morgan fingerprint density at radius 2 is 1.87 bits per heavy atom. The Bertz CT molecular complexity index is 1090. The number of nitrogens with zero attached hydrogens (tertiary/aromatic N) is 2. The number of carbonyl (C=O) groups is 2. The quantitative estimate of drug-likeness (QED) is 0.527. The number of ketones is 2. The van der Waals surface area contributed by atoms with Gasteiger partial charge in [0, 0.05) is 32.1 Å². The Kier molecular flexibility index (Phi) is 5.65. The van der Waals surface area contributed by atoms with E-state index in [0.29, 0.717) is 60.4 Å². The minimum Gasteiger partial charge on any atom is -0.511 e. The molecule has 1 saturated carbocycles. The van der Waals surface area contributed by atoms with Crippen LogP contribution in [0.1, 0.15) is 73.3 Å². The molecule has 0 atom stereocenters. The second-order valence-electron chi connectivity index (χ2n) is 9.36. The Morgan fingerprint density at radius 3 is 2.61 bits per heavy atom. The molecule has 1 fully saturated rings.